The van der Waals surface area contributed by atoms with Gasteiger partial charge in [-0.2, -0.15) is 0 Å². The van der Waals surface area contributed by atoms with Gasteiger partial charge in [0.25, 0.3) is 0 Å². The Hall–Kier alpha value is -3.24. The minimum absolute atomic E-state index is 0.0528. The maximum atomic E-state index is 6.62. The second kappa shape index (κ2) is 12.5. The Kier molecular flexibility index (Phi) is 8.85. The van der Waals surface area contributed by atoms with Crippen LogP contribution in [-0.2, 0) is 12.0 Å². The van der Waals surface area contributed by atoms with Crippen molar-refractivity contribution >= 4 is 43.0 Å². The molecule has 202 valence electrons. The van der Waals surface area contributed by atoms with E-state index in [4.69, 9.17) is 4.74 Å². The molecule has 0 heterocycles. The standard InChI is InChI=1S/C37H38OP2/c1-27-16-15-23-34(40(31-19-11-7-12-20-31)32-21-13-8-14-22-32)36(27)39-33-25-30(37(3,4)5)24-28(2)35(33)38-26-29-17-9-6-10-18-29/h6-25,39H,26H2,1-5H3. The molecule has 1 nitrogen and oxygen atoms in total. The molecule has 0 amide bonds. The van der Waals surface area contributed by atoms with Gasteiger partial charge >= 0.3 is 0 Å². The van der Waals surface area contributed by atoms with Crippen LogP contribution in [0.1, 0.15) is 43.0 Å². The van der Waals surface area contributed by atoms with E-state index in [1.165, 1.54) is 48.8 Å². The molecule has 0 aromatic heterocycles. The highest BCUT2D eigenvalue weighted by molar-refractivity contribution is 7.81. The predicted octanol–water partition coefficient (Wildman–Crippen LogP) is 7.57. The summed E-state index contributed by atoms with van der Waals surface area (Å²) in [5.41, 5.74) is 5.13. The SMILES string of the molecule is Cc1cc(C(C)(C)C)cc(Pc2c(C)cccc2P(c2ccccc2)c2ccccc2)c1OCc1ccccc1. The summed E-state index contributed by atoms with van der Waals surface area (Å²) in [7, 11) is -0.218. The van der Waals surface area contributed by atoms with Gasteiger partial charge < -0.3 is 4.74 Å². The van der Waals surface area contributed by atoms with Gasteiger partial charge in [0.1, 0.15) is 12.4 Å². The Balaban J connectivity index is 1.63. The molecule has 0 aliphatic carbocycles. The van der Waals surface area contributed by atoms with Crippen molar-refractivity contribution in [3.05, 3.63) is 144 Å². The molecule has 0 aliphatic heterocycles. The van der Waals surface area contributed by atoms with E-state index < -0.39 is 7.92 Å². The van der Waals surface area contributed by atoms with Crippen molar-refractivity contribution in [1.29, 1.82) is 0 Å². The summed E-state index contributed by atoms with van der Waals surface area (Å²) in [6.07, 6.45) is 0. The molecule has 0 saturated heterocycles. The molecule has 5 aromatic rings. The number of ether oxygens (including phenoxy) is 1. The zero-order valence-electron chi connectivity index (χ0n) is 24.1. The minimum atomic E-state index is -0.705. The summed E-state index contributed by atoms with van der Waals surface area (Å²) in [6, 6.07) is 44.0. The van der Waals surface area contributed by atoms with Crippen LogP contribution in [0.5, 0.6) is 5.75 Å². The maximum absolute atomic E-state index is 6.62. The monoisotopic (exact) mass is 560 g/mol. The Morgan fingerprint density at radius 2 is 1.23 bits per heavy atom. The number of rotatable bonds is 8. The van der Waals surface area contributed by atoms with Crippen molar-refractivity contribution in [2.24, 2.45) is 0 Å². The number of hydrogen-bond donors (Lipinski definition) is 0. The number of hydrogen-bond acceptors (Lipinski definition) is 1. The molecule has 1 unspecified atom stereocenters. The summed E-state index contributed by atoms with van der Waals surface area (Å²) in [5, 5.41) is 6.89. The molecule has 5 rings (SSSR count). The van der Waals surface area contributed by atoms with Crippen LogP contribution >= 0.6 is 16.5 Å². The van der Waals surface area contributed by atoms with Gasteiger partial charge in [0.15, 0.2) is 0 Å². The quantitative estimate of drug-likeness (QED) is 0.178. The third kappa shape index (κ3) is 6.55. The summed E-state index contributed by atoms with van der Waals surface area (Å²) >= 11 is 0. The molecule has 0 N–H and O–H groups in total. The van der Waals surface area contributed by atoms with Gasteiger partial charge in [0.05, 0.1) is 0 Å². The largest absolute Gasteiger partial charge is 0.488 e. The molecule has 0 saturated carbocycles. The number of aryl methyl sites for hydroxylation is 2. The average Bonchev–Trinajstić information content (AvgIpc) is 2.95. The third-order valence-electron chi connectivity index (χ3n) is 7.15. The molecule has 0 radical (unpaired) electrons. The highest BCUT2D eigenvalue weighted by atomic mass is 31.1. The van der Waals surface area contributed by atoms with Gasteiger partial charge in [-0.25, -0.2) is 0 Å². The van der Waals surface area contributed by atoms with Crippen molar-refractivity contribution in [1.82, 2.24) is 0 Å². The molecular weight excluding hydrogens is 522 g/mol. The van der Waals surface area contributed by atoms with Crippen LogP contribution in [0.25, 0.3) is 0 Å². The first-order chi connectivity index (χ1) is 19.3. The summed E-state index contributed by atoms with van der Waals surface area (Å²) < 4.78 is 6.62. The van der Waals surface area contributed by atoms with Crippen LogP contribution < -0.4 is 31.3 Å². The van der Waals surface area contributed by atoms with Crippen molar-refractivity contribution in [3.63, 3.8) is 0 Å². The van der Waals surface area contributed by atoms with Gasteiger partial charge in [-0.05, 0) is 76.7 Å². The first-order valence-corrected chi connectivity index (χ1v) is 16.2. The highest BCUT2D eigenvalue weighted by Gasteiger charge is 2.23. The summed E-state index contributed by atoms with van der Waals surface area (Å²) in [4.78, 5) is 0. The molecule has 0 fully saturated rings. The lowest BCUT2D eigenvalue weighted by molar-refractivity contribution is 0.306. The molecule has 3 heteroatoms. The van der Waals surface area contributed by atoms with Gasteiger partial charge in [-0.3, -0.25) is 0 Å². The van der Waals surface area contributed by atoms with Crippen molar-refractivity contribution in [2.75, 3.05) is 0 Å². The van der Waals surface area contributed by atoms with E-state index in [1.807, 2.05) is 0 Å². The molecular formula is C37H38OP2. The molecule has 0 spiro atoms. The molecule has 0 aliphatic rings. The van der Waals surface area contributed by atoms with Crippen LogP contribution in [0, 0.1) is 13.8 Å². The van der Waals surface area contributed by atoms with Crippen LogP contribution in [0.3, 0.4) is 0 Å². The van der Waals surface area contributed by atoms with E-state index in [2.05, 4.69) is 156 Å². The van der Waals surface area contributed by atoms with Crippen LogP contribution in [0.4, 0.5) is 0 Å². The minimum Gasteiger partial charge on any atom is -0.488 e. The fourth-order valence-electron chi connectivity index (χ4n) is 4.94. The number of benzene rings is 5. The Bertz CT molecular complexity index is 1520. The van der Waals surface area contributed by atoms with E-state index in [0.29, 0.717) is 15.2 Å². The normalized spacial score (nSPS) is 11.8. The van der Waals surface area contributed by atoms with E-state index >= 15 is 0 Å². The van der Waals surface area contributed by atoms with E-state index in [1.54, 1.807) is 0 Å². The van der Waals surface area contributed by atoms with Crippen molar-refractivity contribution in [3.8, 4) is 5.75 Å². The lowest BCUT2D eigenvalue weighted by Crippen LogP contribution is -2.31. The van der Waals surface area contributed by atoms with Gasteiger partial charge in [0, 0.05) is 5.30 Å². The van der Waals surface area contributed by atoms with Crippen LogP contribution in [0.15, 0.2) is 121 Å². The Morgan fingerprint density at radius 1 is 0.650 bits per heavy atom. The predicted molar refractivity (Wildman–Crippen MR) is 178 cm³/mol. The first kappa shape index (κ1) is 28.3. The second-order valence-corrected chi connectivity index (χ2v) is 14.8. The molecule has 5 aromatic carbocycles. The van der Waals surface area contributed by atoms with E-state index in [0.717, 1.165) is 5.75 Å². The van der Waals surface area contributed by atoms with E-state index in [-0.39, 0.29) is 5.41 Å². The first-order valence-electron chi connectivity index (χ1n) is 13.9. The smallest absolute Gasteiger partial charge is 0.130 e. The van der Waals surface area contributed by atoms with Crippen molar-refractivity contribution in [2.45, 2.75) is 46.6 Å². The molecule has 1 atom stereocenters. The zero-order chi connectivity index (χ0) is 28.1. The van der Waals surface area contributed by atoms with Gasteiger partial charge in [0.2, 0.25) is 0 Å². The lowest BCUT2D eigenvalue weighted by atomic mass is 9.86. The van der Waals surface area contributed by atoms with Crippen molar-refractivity contribution < 1.29 is 4.74 Å². The molecule has 40 heavy (non-hydrogen) atoms. The van der Waals surface area contributed by atoms with Gasteiger partial charge in [-0.1, -0.05) is 145 Å². The van der Waals surface area contributed by atoms with Crippen LogP contribution in [-0.4, -0.2) is 0 Å². The van der Waals surface area contributed by atoms with Crippen LogP contribution in [0.2, 0.25) is 0 Å². The topological polar surface area (TPSA) is 9.23 Å². The highest BCUT2D eigenvalue weighted by Crippen LogP contribution is 2.36. The molecule has 0 bridgehead atoms. The summed E-state index contributed by atoms with van der Waals surface area (Å²) in [6.45, 7) is 11.9. The zero-order valence-corrected chi connectivity index (χ0v) is 26.0. The van der Waals surface area contributed by atoms with Gasteiger partial charge in [-0.15, -0.1) is 0 Å². The third-order valence-corrected chi connectivity index (χ3v) is 11.4. The second-order valence-electron chi connectivity index (χ2n) is 11.3. The maximum Gasteiger partial charge on any atom is 0.130 e. The summed E-state index contributed by atoms with van der Waals surface area (Å²) in [5.74, 6) is 1.02. The Morgan fingerprint density at radius 3 is 1.80 bits per heavy atom. The Labute approximate surface area is 243 Å². The fourth-order valence-corrected chi connectivity index (χ4v) is 9.24. The lowest BCUT2D eigenvalue weighted by Gasteiger charge is -2.26. The average molecular weight is 561 g/mol. The fraction of sp³-hybridized carbons (Fsp3) is 0.189. The van der Waals surface area contributed by atoms with E-state index in [9.17, 15) is 0 Å².